The SMILES string of the molecule is [2H]C1([2H])N(C(=O)OC(C)(C)C)C([2H])([2H])C([2H])([2H])N(c2ccc(Br)cc2C#N)C1([2H])[2H]. The number of carbonyl (C=O) groups excluding carboxylic acids is 1. The summed E-state index contributed by atoms with van der Waals surface area (Å²) in [7, 11) is 0. The van der Waals surface area contributed by atoms with Gasteiger partial charge < -0.3 is 14.5 Å². The zero-order valence-corrected chi connectivity index (χ0v) is 13.9. The first-order chi connectivity index (χ1) is 13.3. The Kier molecular flexibility index (Phi) is 2.62. The van der Waals surface area contributed by atoms with Crippen LogP contribution in [0.3, 0.4) is 0 Å². The lowest BCUT2D eigenvalue weighted by atomic mass is 10.1. The molecule has 0 bridgehead atoms. The van der Waals surface area contributed by atoms with Gasteiger partial charge in [0.05, 0.1) is 22.2 Å². The molecule has 1 aromatic rings. The summed E-state index contributed by atoms with van der Waals surface area (Å²) >= 11 is 3.14. The minimum Gasteiger partial charge on any atom is -0.444 e. The van der Waals surface area contributed by atoms with Gasteiger partial charge in [0.25, 0.3) is 0 Å². The second kappa shape index (κ2) is 6.57. The lowest BCUT2D eigenvalue weighted by Gasteiger charge is -2.37. The summed E-state index contributed by atoms with van der Waals surface area (Å²) in [5.41, 5.74) is -1.75. The fourth-order valence-corrected chi connectivity index (χ4v) is 1.93. The molecule has 1 heterocycles. The molecule has 1 saturated heterocycles. The molecular weight excluding hydrogens is 346 g/mol. The van der Waals surface area contributed by atoms with Crippen molar-refractivity contribution >= 4 is 27.7 Å². The molecule has 1 aliphatic heterocycles. The molecule has 118 valence electrons. The first kappa shape index (κ1) is 8.78. The summed E-state index contributed by atoms with van der Waals surface area (Å²) in [4.78, 5) is 12.7. The summed E-state index contributed by atoms with van der Waals surface area (Å²) < 4.78 is 72.1. The Morgan fingerprint density at radius 2 is 2.00 bits per heavy atom. The van der Waals surface area contributed by atoms with Crippen LogP contribution in [0.4, 0.5) is 10.5 Å². The average molecular weight is 374 g/mol. The molecule has 0 aromatic heterocycles. The van der Waals surface area contributed by atoms with E-state index in [-0.39, 0.29) is 21.1 Å². The molecule has 0 radical (unpaired) electrons. The molecule has 0 aliphatic carbocycles. The van der Waals surface area contributed by atoms with Crippen LogP contribution in [-0.2, 0) is 4.74 Å². The summed E-state index contributed by atoms with van der Waals surface area (Å²) in [5, 5.41) is 9.43. The van der Waals surface area contributed by atoms with E-state index >= 15 is 0 Å². The van der Waals surface area contributed by atoms with E-state index < -0.39 is 37.7 Å². The third kappa shape index (κ3) is 4.14. The highest BCUT2D eigenvalue weighted by atomic mass is 79.9. The van der Waals surface area contributed by atoms with Crippen molar-refractivity contribution in [2.24, 2.45) is 0 Å². The fraction of sp³-hybridized carbons (Fsp3) is 0.500. The summed E-state index contributed by atoms with van der Waals surface area (Å²) in [6, 6.07) is 5.60. The van der Waals surface area contributed by atoms with E-state index in [1.807, 2.05) is 0 Å². The number of halogens is 1. The minimum absolute atomic E-state index is 0.188. The molecule has 0 atom stereocenters. The number of piperazine rings is 1. The van der Waals surface area contributed by atoms with Crippen LogP contribution < -0.4 is 4.90 Å². The van der Waals surface area contributed by atoms with Crippen molar-refractivity contribution in [2.45, 2.75) is 26.4 Å². The predicted octanol–water partition coefficient (Wildman–Crippen LogP) is 3.38. The van der Waals surface area contributed by atoms with E-state index in [2.05, 4.69) is 15.9 Å². The van der Waals surface area contributed by atoms with Crippen LogP contribution in [-0.4, -0.2) is 42.6 Å². The number of amides is 1. The molecule has 0 spiro atoms. The number of anilines is 1. The van der Waals surface area contributed by atoms with E-state index in [1.54, 1.807) is 6.07 Å². The molecule has 1 aliphatic rings. The Hall–Kier alpha value is -1.74. The second-order valence-corrected chi connectivity index (χ2v) is 6.29. The molecule has 0 unspecified atom stereocenters. The van der Waals surface area contributed by atoms with E-state index in [4.69, 9.17) is 15.7 Å². The standard InChI is InChI=1S/C16H20BrN3O2/c1-16(2,3)22-15(21)20-8-6-19(7-9-20)14-5-4-13(17)10-12(14)11-18/h4-5,10H,6-9H2,1-3H3/i6D2,7D2,8D2,9D2. The van der Waals surface area contributed by atoms with Crippen LogP contribution in [0.5, 0.6) is 0 Å². The number of nitrogens with zero attached hydrogens (tertiary/aromatic N) is 3. The molecule has 0 saturated carbocycles. The van der Waals surface area contributed by atoms with Gasteiger partial charge in [-0.05, 0) is 39.0 Å². The van der Waals surface area contributed by atoms with Crippen molar-refractivity contribution in [3.05, 3.63) is 28.2 Å². The van der Waals surface area contributed by atoms with Crippen molar-refractivity contribution in [3.63, 3.8) is 0 Å². The molecule has 0 N–H and O–H groups in total. The Bertz CT molecular complexity index is 883. The number of hydrogen-bond donors (Lipinski definition) is 0. The lowest BCUT2D eigenvalue weighted by molar-refractivity contribution is 0.0240. The van der Waals surface area contributed by atoms with E-state index in [0.29, 0.717) is 4.47 Å². The number of carbonyl (C=O) groups is 1. The zero-order valence-electron chi connectivity index (χ0n) is 20.3. The fourth-order valence-electron chi connectivity index (χ4n) is 1.57. The third-order valence-corrected chi connectivity index (χ3v) is 2.94. The predicted molar refractivity (Wildman–Crippen MR) is 88.9 cm³/mol. The molecule has 2 rings (SSSR count). The van der Waals surface area contributed by atoms with Crippen molar-refractivity contribution in [2.75, 3.05) is 30.9 Å². The number of nitriles is 1. The highest BCUT2D eigenvalue weighted by molar-refractivity contribution is 9.10. The van der Waals surface area contributed by atoms with Gasteiger partial charge in [-0.1, -0.05) is 15.9 Å². The quantitative estimate of drug-likeness (QED) is 0.756. The smallest absolute Gasteiger partial charge is 0.410 e. The number of hydrogen-bond acceptors (Lipinski definition) is 4. The van der Waals surface area contributed by atoms with Gasteiger partial charge in [-0.25, -0.2) is 4.79 Å². The monoisotopic (exact) mass is 373 g/mol. The number of benzene rings is 1. The van der Waals surface area contributed by atoms with Gasteiger partial charge in [-0.15, -0.1) is 0 Å². The molecule has 6 heteroatoms. The average Bonchev–Trinajstić information content (AvgIpc) is 2.52. The van der Waals surface area contributed by atoms with Gasteiger partial charge >= 0.3 is 6.09 Å². The van der Waals surface area contributed by atoms with Crippen molar-refractivity contribution in [1.29, 1.82) is 5.26 Å². The van der Waals surface area contributed by atoms with Crippen molar-refractivity contribution < 1.29 is 20.5 Å². The van der Waals surface area contributed by atoms with Gasteiger partial charge in [-0.3, -0.25) is 0 Å². The largest absolute Gasteiger partial charge is 0.444 e. The van der Waals surface area contributed by atoms with E-state index in [0.717, 1.165) is 0 Å². The summed E-state index contributed by atoms with van der Waals surface area (Å²) in [6.45, 7) is -8.99. The van der Waals surface area contributed by atoms with Gasteiger partial charge in [0.2, 0.25) is 0 Å². The topological polar surface area (TPSA) is 56.6 Å². The van der Waals surface area contributed by atoms with Crippen LogP contribution in [0.25, 0.3) is 0 Å². The maximum atomic E-state index is 12.6. The number of rotatable bonds is 1. The first-order valence-electron chi connectivity index (χ1n) is 10.4. The Morgan fingerprint density at radius 3 is 2.55 bits per heavy atom. The van der Waals surface area contributed by atoms with Crippen molar-refractivity contribution in [3.8, 4) is 6.07 Å². The van der Waals surface area contributed by atoms with Gasteiger partial charge in [0.1, 0.15) is 11.7 Å². The van der Waals surface area contributed by atoms with Crippen LogP contribution in [0.15, 0.2) is 22.7 Å². The van der Waals surface area contributed by atoms with E-state index in [9.17, 15) is 10.1 Å². The first-order valence-corrected chi connectivity index (χ1v) is 7.15. The summed E-state index contributed by atoms with van der Waals surface area (Å²) in [5.74, 6) is 0. The molecule has 5 nitrogen and oxygen atoms in total. The number of ether oxygens (including phenoxy) is 1. The van der Waals surface area contributed by atoms with Crippen LogP contribution >= 0.6 is 15.9 Å². The molecule has 22 heavy (non-hydrogen) atoms. The molecule has 1 aromatic carbocycles. The lowest BCUT2D eigenvalue weighted by Crippen LogP contribution is -2.50. The molecule has 1 amide bonds. The molecular formula is C16H20BrN3O2. The van der Waals surface area contributed by atoms with Crippen LogP contribution in [0, 0.1) is 11.3 Å². The maximum Gasteiger partial charge on any atom is 0.410 e. The summed E-state index contributed by atoms with van der Waals surface area (Å²) in [6.07, 6.45) is -1.55. The highest BCUT2D eigenvalue weighted by Crippen LogP contribution is 2.25. The zero-order chi connectivity index (χ0) is 23.5. The van der Waals surface area contributed by atoms with Gasteiger partial charge in [0.15, 0.2) is 0 Å². The Labute approximate surface area is 150 Å². The highest BCUT2D eigenvalue weighted by Gasteiger charge is 2.26. The van der Waals surface area contributed by atoms with Crippen LogP contribution in [0.1, 0.15) is 37.3 Å². The van der Waals surface area contributed by atoms with Crippen LogP contribution in [0.2, 0.25) is 0 Å². The molecule has 1 fully saturated rings. The normalized spacial score (nSPS) is 30.0. The minimum atomic E-state index is -3.38. The third-order valence-electron chi connectivity index (χ3n) is 2.44. The second-order valence-electron chi connectivity index (χ2n) is 5.37. The Morgan fingerprint density at radius 1 is 1.36 bits per heavy atom. The van der Waals surface area contributed by atoms with E-state index in [1.165, 1.54) is 39.0 Å². The van der Waals surface area contributed by atoms with Crippen molar-refractivity contribution in [1.82, 2.24) is 4.90 Å². The maximum absolute atomic E-state index is 12.6. The van der Waals surface area contributed by atoms with Gasteiger partial charge in [0, 0.05) is 30.5 Å². The van der Waals surface area contributed by atoms with Gasteiger partial charge in [-0.2, -0.15) is 5.26 Å². The Balaban J connectivity index is 2.78.